The first-order valence-corrected chi connectivity index (χ1v) is 7.89. The van der Waals surface area contributed by atoms with Crippen molar-refractivity contribution in [3.63, 3.8) is 0 Å². The van der Waals surface area contributed by atoms with Gasteiger partial charge in [-0.3, -0.25) is 9.78 Å². The van der Waals surface area contributed by atoms with E-state index in [-0.39, 0.29) is 23.9 Å². The van der Waals surface area contributed by atoms with Crippen molar-refractivity contribution in [3.05, 3.63) is 34.6 Å². The van der Waals surface area contributed by atoms with Gasteiger partial charge < -0.3 is 9.47 Å². The molecule has 0 bridgehead atoms. The third kappa shape index (κ3) is 4.38. The van der Waals surface area contributed by atoms with E-state index in [4.69, 9.17) is 9.47 Å². The first-order chi connectivity index (χ1) is 11.5. The van der Waals surface area contributed by atoms with Gasteiger partial charge in [0.1, 0.15) is 0 Å². The molecule has 0 aliphatic rings. The van der Waals surface area contributed by atoms with E-state index in [9.17, 15) is 14.4 Å². The predicted molar refractivity (Wildman–Crippen MR) is 87.2 cm³/mol. The number of para-hydroxylation sites is 1. The Morgan fingerprint density at radius 3 is 2.67 bits per heavy atom. The number of carbonyl (C=O) groups excluding carboxylic acids is 2. The van der Waals surface area contributed by atoms with Gasteiger partial charge in [-0.25, -0.2) is 20.0 Å². The first kappa shape index (κ1) is 17.6. The Morgan fingerprint density at radius 1 is 1.25 bits per heavy atom. The van der Waals surface area contributed by atoms with Crippen LogP contribution in [-0.4, -0.2) is 39.8 Å². The third-order valence-electron chi connectivity index (χ3n) is 2.67. The van der Waals surface area contributed by atoms with Crippen LogP contribution in [0.25, 0.3) is 10.9 Å². The zero-order valence-corrected chi connectivity index (χ0v) is 13.9. The van der Waals surface area contributed by atoms with Crippen LogP contribution in [0, 0.1) is 0 Å². The number of amides is 2. The number of aromatic nitrogens is 2. The summed E-state index contributed by atoms with van der Waals surface area (Å²) in [4.78, 5) is 42.3. The molecule has 0 atom stereocenters. The maximum Gasteiger partial charge on any atom is 0.439 e. The minimum atomic E-state index is -0.832. The highest BCUT2D eigenvalue weighted by atomic mass is 32.2. The summed E-state index contributed by atoms with van der Waals surface area (Å²) >= 11 is 0.700. The lowest BCUT2D eigenvalue weighted by Crippen LogP contribution is -2.42. The topological polar surface area (TPSA) is 114 Å². The Bertz CT molecular complexity index is 794. The largest absolute Gasteiger partial charge is 0.449 e. The van der Waals surface area contributed by atoms with Crippen LogP contribution in [0.3, 0.4) is 0 Å². The van der Waals surface area contributed by atoms with E-state index in [0.717, 1.165) is 4.41 Å². The van der Waals surface area contributed by atoms with Crippen molar-refractivity contribution in [2.75, 3.05) is 13.2 Å². The van der Waals surface area contributed by atoms with Crippen molar-refractivity contribution in [3.8, 4) is 0 Å². The molecule has 0 saturated heterocycles. The molecule has 10 heteroatoms. The molecule has 0 spiro atoms. The van der Waals surface area contributed by atoms with Gasteiger partial charge in [0.25, 0.3) is 5.56 Å². The molecule has 0 radical (unpaired) electrons. The molecular formula is C14H16N4O5S. The van der Waals surface area contributed by atoms with Gasteiger partial charge in [-0.15, -0.1) is 4.41 Å². The molecule has 1 aromatic carbocycles. The summed E-state index contributed by atoms with van der Waals surface area (Å²) in [6, 6.07) is 6.76. The molecule has 0 aliphatic heterocycles. The van der Waals surface area contributed by atoms with Gasteiger partial charge in [-0.1, -0.05) is 12.1 Å². The van der Waals surface area contributed by atoms with Gasteiger partial charge in [0, 0.05) is 0 Å². The van der Waals surface area contributed by atoms with Crippen LogP contribution in [0.15, 0.2) is 34.2 Å². The minimum Gasteiger partial charge on any atom is -0.449 e. The number of H-pyrrole nitrogens is 1. The number of rotatable bonds is 4. The summed E-state index contributed by atoms with van der Waals surface area (Å²) in [5.41, 5.74) is 2.32. The molecule has 9 nitrogen and oxygen atoms in total. The van der Waals surface area contributed by atoms with E-state index in [0.29, 0.717) is 22.9 Å². The average Bonchev–Trinajstić information content (AvgIpc) is 2.55. The number of aromatic amines is 1. The molecule has 0 fully saturated rings. The second-order valence-corrected chi connectivity index (χ2v) is 5.24. The SMILES string of the molecule is CCOC(=O)NN(Sc1nc2ccccc2c(=O)[nH]1)C(=O)OCC. The van der Waals surface area contributed by atoms with Gasteiger partial charge in [-0.05, 0) is 26.0 Å². The summed E-state index contributed by atoms with van der Waals surface area (Å²) in [5.74, 6) is 0. The van der Waals surface area contributed by atoms with Crippen molar-refractivity contribution >= 4 is 35.0 Å². The Morgan fingerprint density at radius 2 is 1.96 bits per heavy atom. The Kier molecular flexibility index (Phi) is 6.01. The smallest absolute Gasteiger partial charge is 0.439 e. The predicted octanol–water partition coefficient (Wildman–Crippen LogP) is 2.05. The van der Waals surface area contributed by atoms with Crippen LogP contribution in [0.5, 0.6) is 0 Å². The molecule has 2 rings (SSSR count). The van der Waals surface area contributed by atoms with Crippen molar-refractivity contribution in [1.29, 1.82) is 0 Å². The third-order valence-corrected chi connectivity index (χ3v) is 3.46. The molecular weight excluding hydrogens is 336 g/mol. The summed E-state index contributed by atoms with van der Waals surface area (Å²) in [7, 11) is 0. The quantitative estimate of drug-likeness (QED) is 0.492. The van der Waals surface area contributed by atoms with Crippen molar-refractivity contribution < 1.29 is 19.1 Å². The molecule has 2 amide bonds. The van der Waals surface area contributed by atoms with E-state index in [1.807, 2.05) is 0 Å². The highest BCUT2D eigenvalue weighted by Gasteiger charge is 2.21. The number of hydrogen-bond donors (Lipinski definition) is 2. The number of carbonyl (C=O) groups is 2. The molecule has 24 heavy (non-hydrogen) atoms. The lowest BCUT2D eigenvalue weighted by Gasteiger charge is -2.19. The fourth-order valence-corrected chi connectivity index (χ4v) is 2.43. The van der Waals surface area contributed by atoms with E-state index in [1.165, 1.54) is 0 Å². The lowest BCUT2D eigenvalue weighted by molar-refractivity contribution is 0.106. The average molecular weight is 352 g/mol. The monoisotopic (exact) mass is 352 g/mol. The molecule has 1 aromatic heterocycles. The second kappa shape index (κ2) is 8.20. The van der Waals surface area contributed by atoms with Crippen molar-refractivity contribution in [2.45, 2.75) is 19.0 Å². The summed E-state index contributed by atoms with van der Waals surface area (Å²) in [5, 5.41) is 0.534. The maximum atomic E-state index is 12.0. The number of hydrogen-bond acceptors (Lipinski definition) is 7. The number of ether oxygens (including phenoxy) is 2. The zero-order chi connectivity index (χ0) is 17.5. The van der Waals surface area contributed by atoms with Gasteiger partial charge in [0.15, 0.2) is 5.16 Å². The van der Waals surface area contributed by atoms with Gasteiger partial charge in [0.05, 0.1) is 36.1 Å². The van der Waals surface area contributed by atoms with Crippen LogP contribution < -0.4 is 11.0 Å². The van der Waals surface area contributed by atoms with Crippen molar-refractivity contribution in [1.82, 2.24) is 19.8 Å². The molecule has 2 N–H and O–H groups in total. The van der Waals surface area contributed by atoms with E-state index in [1.54, 1.807) is 38.1 Å². The van der Waals surface area contributed by atoms with Crippen LogP contribution in [0.4, 0.5) is 9.59 Å². The van der Waals surface area contributed by atoms with E-state index in [2.05, 4.69) is 15.4 Å². The van der Waals surface area contributed by atoms with Gasteiger partial charge in [0.2, 0.25) is 0 Å². The van der Waals surface area contributed by atoms with E-state index >= 15 is 0 Å². The number of fused-ring (bicyclic) bond motifs is 1. The van der Waals surface area contributed by atoms with Crippen LogP contribution in [0.2, 0.25) is 0 Å². The molecule has 128 valence electrons. The van der Waals surface area contributed by atoms with Gasteiger partial charge in [-0.2, -0.15) is 0 Å². The molecule has 1 heterocycles. The second-order valence-electron chi connectivity index (χ2n) is 4.31. The summed E-state index contributed by atoms with van der Waals surface area (Å²) in [6.07, 6.45) is -1.66. The Balaban J connectivity index is 2.26. The molecule has 2 aromatic rings. The van der Waals surface area contributed by atoms with Crippen LogP contribution in [-0.2, 0) is 9.47 Å². The Labute approximate surface area is 141 Å². The highest BCUT2D eigenvalue weighted by molar-refractivity contribution is 7.97. The zero-order valence-electron chi connectivity index (χ0n) is 13.1. The van der Waals surface area contributed by atoms with E-state index < -0.39 is 12.2 Å². The maximum absolute atomic E-state index is 12.0. The molecule has 0 unspecified atom stereocenters. The normalized spacial score (nSPS) is 10.2. The number of nitrogens with one attached hydrogen (secondary N) is 2. The summed E-state index contributed by atoms with van der Waals surface area (Å²) < 4.78 is 10.4. The first-order valence-electron chi connectivity index (χ1n) is 7.12. The minimum absolute atomic E-state index is 0.113. The summed E-state index contributed by atoms with van der Waals surface area (Å²) in [6.45, 7) is 3.51. The van der Waals surface area contributed by atoms with Gasteiger partial charge >= 0.3 is 12.2 Å². The van der Waals surface area contributed by atoms with Crippen LogP contribution >= 0.6 is 11.9 Å². The fourth-order valence-electron chi connectivity index (χ4n) is 1.73. The number of hydrazine groups is 1. The number of nitrogens with zero attached hydrogens (tertiary/aromatic N) is 2. The number of benzene rings is 1. The highest BCUT2D eigenvalue weighted by Crippen LogP contribution is 2.18. The lowest BCUT2D eigenvalue weighted by atomic mass is 10.2. The molecule has 0 saturated carbocycles. The van der Waals surface area contributed by atoms with Crippen LogP contribution in [0.1, 0.15) is 13.8 Å². The standard InChI is InChI=1S/C14H16N4O5S/c1-3-22-13(20)17-18(14(21)23-4-2)24-12-15-10-8-6-5-7-9(10)11(19)16-12/h5-8H,3-4H2,1-2H3,(H,17,20)(H,15,16,19). The molecule has 0 aliphatic carbocycles. The van der Waals surface area contributed by atoms with Crippen molar-refractivity contribution in [2.24, 2.45) is 0 Å². The fraction of sp³-hybridized carbons (Fsp3) is 0.286. The Hall–Kier alpha value is -2.75.